The van der Waals surface area contributed by atoms with Crippen molar-refractivity contribution in [1.29, 1.82) is 0 Å². The molecule has 2 rings (SSSR count). The van der Waals surface area contributed by atoms with E-state index < -0.39 is 0 Å². The zero-order valence-corrected chi connectivity index (χ0v) is 11.0. The number of morpholine rings is 1. The lowest BCUT2D eigenvalue weighted by Gasteiger charge is -2.28. The molecule has 98 valence electrons. The summed E-state index contributed by atoms with van der Waals surface area (Å²) in [6.45, 7) is 10.8. The molecule has 0 spiro atoms. The van der Waals surface area contributed by atoms with Crippen LogP contribution in [0.1, 0.15) is 20.3 Å². The molecule has 0 N–H and O–H groups in total. The zero-order chi connectivity index (χ0) is 12.3. The van der Waals surface area contributed by atoms with Crippen molar-refractivity contribution < 1.29 is 9.53 Å². The molecule has 2 aliphatic rings. The largest absolute Gasteiger partial charge is 0.379 e. The summed E-state index contributed by atoms with van der Waals surface area (Å²) >= 11 is 0. The highest BCUT2D eigenvalue weighted by Crippen LogP contribution is 2.24. The molecular formula is C13H24N2O2. The van der Waals surface area contributed by atoms with Gasteiger partial charge in [0.15, 0.2) is 0 Å². The maximum atomic E-state index is 12.1. The van der Waals surface area contributed by atoms with Crippen molar-refractivity contribution in [1.82, 2.24) is 9.80 Å². The minimum atomic E-state index is 0.264. The Morgan fingerprint density at radius 2 is 1.94 bits per heavy atom. The Balaban J connectivity index is 1.74. The minimum absolute atomic E-state index is 0.264. The molecule has 0 aliphatic carbocycles. The molecule has 2 heterocycles. The number of hydrogen-bond donors (Lipinski definition) is 0. The van der Waals surface area contributed by atoms with E-state index in [1.807, 2.05) is 4.90 Å². The quantitative estimate of drug-likeness (QED) is 0.729. The summed E-state index contributed by atoms with van der Waals surface area (Å²) in [6.07, 6.45) is 1.04. The predicted molar refractivity (Wildman–Crippen MR) is 66.8 cm³/mol. The second kappa shape index (κ2) is 5.83. The smallest absolute Gasteiger partial charge is 0.226 e. The van der Waals surface area contributed by atoms with E-state index in [1.54, 1.807) is 0 Å². The third-order valence-corrected chi connectivity index (χ3v) is 3.93. The van der Waals surface area contributed by atoms with Gasteiger partial charge in [0.25, 0.3) is 0 Å². The van der Waals surface area contributed by atoms with Gasteiger partial charge in [-0.2, -0.15) is 0 Å². The van der Waals surface area contributed by atoms with Crippen LogP contribution in [-0.4, -0.2) is 61.6 Å². The molecule has 0 unspecified atom stereocenters. The van der Waals surface area contributed by atoms with Gasteiger partial charge in [-0.25, -0.2) is 0 Å². The fourth-order valence-corrected chi connectivity index (χ4v) is 2.69. The highest BCUT2D eigenvalue weighted by molar-refractivity contribution is 5.81. The number of rotatable bonds is 4. The lowest BCUT2D eigenvalue weighted by molar-refractivity contribution is -0.132. The van der Waals surface area contributed by atoms with Gasteiger partial charge in [-0.05, 0) is 12.3 Å². The van der Waals surface area contributed by atoms with Crippen molar-refractivity contribution >= 4 is 5.91 Å². The summed E-state index contributed by atoms with van der Waals surface area (Å²) in [4.78, 5) is 16.5. The SMILES string of the molecule is CC(C)[C@@H]1CCN(CCN2CCOCC2)C1=O. The average Bonchev–Trinajstić information content (AvgIpc) is 2.69. The molecule has 0 saturated carbocycles. The highest BCUT2D eigenvalue weighted by Gasteiger charge is 2.33. The van der Waals surface area contributed by atoms with E-state index in [0.717, 1.165) is 52.4 Å². The lowest BCUT2D eigenvalue weighted by Crippen LogP contribution is -2.42. The van der Waals surface area contributed by atoms with Crippen molar-refractivity contribution in [3.05, 3.63) is 0 Å². The van der Waals surface area contributed by atoms with E-state index in [4.69, 9.17) is 4.74 Å². The van der Waals surface area contributed by atoms with Gasteiger partial charge in [0, 0.05) is 38.6 Å². The number of hydrogen-bond acceptors (Lipinski definition) is 3. The Kier molecular flexibility index (Phi) is 4.40. The van der Waals surface area contributed by atoms with Crippen LogP contribution in [0.5, 0.6) is 0 Å². The van der Waals surface area contributed by atoms with Gasteiger partial charge >= 0.3 is 0 Å². The molecule has 0 aromatic rings. The number of carbonyl (C=O) groups excluding carboxylic acids is 1. The summed E-state index contributed by atoms with van der Waals surface area (Å²) in [5, 5.41) is 0. The molecule has 0 radical (unpaired) electrons. The van der Waals surface area contributed by atoms with Gasteiger partial charge in [-0.3, -0.25) is 9.69 Å². The van der Waals surface area contributed by atoms with Gasteiger partial charge in [0.1, 0.15) is 0 Å². The van der Waals surface area contributed by atoms with E-state index >= 15 is 0 Å². The fourth-order valence-electron chi connectivity index (χ4n) is 2.69. The molecule has 4 heteroatoms. The standard InChI is InChI=1S/C13H24N2O2/c1-11(2)12-3-4-15(13(12)16)6-5-14-7-9-17-10-8-14/h11-12H,3-10H2,1-2H3/t12-/m0/s1. The number of amides is 1. The fraction of sp³-hybridized carbons (Fsp3) is 0.923. The number of likely N-dealkylation sites (tertiary alicyclic amines) is 1. The van der Waals surface area contributed by atoms with Crippen LogP contribution in [0.2, 0.25) is 0 Å². The lowest BCUT2D eigenvalue weighted by atomic mass is 9.95. The van der Waals surface area contributed by atoms with Crippen molar-refractivity contribution in [2.45, 2.75) is 20.3 Å². The molecule has 1 atom stereocenters. The van der Waals surface area contributed by atoms with E-state index in [-0.39, 0.29) is 5.92 Å². The Morgan fingerprint density at radius 1 is 1.24 bits per heavy atom. The molecule has 2 aliphatic heterocycles. The molecule has 2 fully saturated rings. The van der Waals surface area contributed by atoms with Crippen molar-refractivity contribution in [3.63, 3.8) is 0 Å². The Labute approximate surface area is 104 Å². The molecule has 0 bridgehead atoms. The first-order valence-corrected chi connectivity index (χ1v) is 6.77. The Bertz CT molecular complexity index is 262. The first-order chi connectivity index (χ1) is 8.18. The summed E-state index contributed by atoms with van der Waals surface area (Å²) < 4.78 is 5.32. The predicted octanol–water partition coefficient (Wildman–Crippen LogP) is 0.823. The summed E-state index contributed by atoms with van der Waals surface area (Å²) in [7, 11) is 0. The summed E-state index contributed by atoms with van der Waals surface area (Å²) in [5.41, 5.74) is 0. The first-order valence-electron chi connectivity index (χ1n) is 6.77. The Morgan fingerprint density at radius 3 is 2.53 bits per heavy atom. The average molecular weight is 240 g/mol. The molecular weight excluding hydrogens is 216 g/mol. The monoisotopic (exact) mass is 240 g/mol. The zero-order valence-electron chi connectivity index (χ0n) is 11.0. The third-order valence-electron chi connectivity index (χ3n) is 3.93. The third kappa shape index (κ3) is 3.19. The van der Waals surface area contributed by atoms with Gasteiger partial charge in [0.05, 0.1) is 13.2 Å². The van der Waals surface area contributed by atoms with Crippen LogP contribution in [0.3, 0.4) is 0 Å². The summed E-state index contributed by atoms with van der Waals surface area (Å²) in [6, 6.07) is 0. The van der Waals surface area contributed by atoms with E-state index in [2.05, 4.69) is 18.7 Å². The second-order valence-corrected chi connectivity index (χ2v) is 5.42. The number of ether oxygens (including phenoxy) is 1. The van der Waals surface area contributed by atoms with Crippen molar-refractivity contribution in [2.75, 3.05) is 45.9 Å². The van der Waals surface area contributed by atoms with E-state index in [0.29, 0.717) is 11.8 Å². The van der Waals surface area contributed by atoms with Crippen LogP contribution in [0.15, 0.2) is 0 Å². The second-order valence-electron chi connectivity index (χ2n) is 5.42. The topological polar surface area (TPSA) is 32.8 Å². The van der Waals surface area contributed by atoms with Crippen LogP contribution in [0, 0.1) is 11.8 Å². The number of nitrogens with zero attached hydrogens (tertiary/aromatic N) is 2. The van der Waals surface area contributed by atoms with Crippen LogP contribution in [0.4, 0.5) is 0 Å². The Hall–Kier alpha value is -0.610. The normalized spacial score (nSPS) is 27.1. The van der Waals surface area contributed by atoms with Crippen molar-refractivity contribution in [3.8, 4) is 0 Å². The van der Waals surface area contributed by atoms with E-state index in [1.165, 1.54) is 0 Å². The van der Waals surface area contributed by atoms with Crippen LogP contribution in [-0.2, 0) is 9.53 Å². The van der Waals surface area contributed by atoms with Gasteiger partial charge in [-0.15, -0.1) is 0 Å². The minimum Gasteiger partial charge on any atom is -0.379 e. The van der Waals surface area contributed by atoms with Crippen LogP contribution >= 0.6 is 0 Å². The molecule has 0 aromatic carbocycles. The van der Waals surface area contributed by atoms with Crippen LogP contribution < -0.4 is 0 Å². The maximum absolute atomic E-state index is 12.1. The molecule has 0 aromatic heterocycles. The van der Waals surface area contributed by atoms with Crippen molar-refractivity contribution in [2.24, 2.45) is 11.8 Å². The van der Waals surface area contributed by atoms with Gasteiger partial charge in [0.2, 0.25) is 5.91 Å². The van der Waals surface area contributed by atoms with Crippen LogP contribution in [0.25, 0.3) is 0 Å². The molecule has 2 saturated heterocycles. The summed E-state index contributed by atoms with van der Waals surface area (Å²) in [5.74, 6) is 1.11. The highest BCUT2D eigenvalue weighted by atomic mass is 16.5. The van der Waals surface area contributed by atoms with E-state index in [9.17, 15) is 4.79 Å². The molecule has 1 amide bonds. The molecule has 4 nitrogen and oxygen atoms in total. The van der Waals surface area contributed by atoms with Gasteiger partial charge in [-0.1, -0.05) is 13.8 Å². The van der Waals surface area contributed by atoms with Gasteiger partial charge < -0.3 is 9.64 Å². The number of carbonyl (C=O) groups is 1. The maximum Gasteiger partial charge on any atom is 0.226 e. The molecule has 17 heavy (non-hydrogen) atoms. The first kappa shape index (κ1) is 12.8.